The van der Waals surface area contributed by atoms with Crippen molar-refractivity contribution in [3.05, 3.63) is 64.6 Å². The Hall–Kier alpha value is -3.44. The number of aliphatic hydroxyl groups excluding tert-OH is 1. The molecule has 1 fully saturated rings. The Labute approximate surface area is 250 Å². The number of pyridine rings is 1. The third kappa shape index (κ3) is 7.04. The fraction of sp³-hybridized carbons (Fsp3) is 0.467. The molecule has 0 spiro atoms. The SMILES string of the molecule is CCOP(=O)(Cc1ccc(Nc2ncc(CF)c(Nc3ccc([C@H]4CC[C@H](O)CC4)c4c3C(=O)N(C)C4)n2)cn1)OCC. The van der Waals surface area contributed by atoms with Gasteiger partial charge in [-0.15, -0.1) is 0 Å². The number of halogens is 1. The summed E-state index contributed by atoms with van der Waals surface area (Å²) in [6, 6.07) is 7.35. The minimum atomic E-state index is -3.29. The van der Waals surface area contributed by atoms with Crippen molar-refractivity contribution < 1.29 is 27.9 Å². The molecule has 0 saturated heterocycles. The van der Waals surface area contributed by atoms with Crippen LogP contribution in [0.25, 0.3) is 0 Å². The summed E-state index contributed by atoms with van der Waals surface area (Å²) in [7, 11) is -1.52. The zero-order valence-corrected chi connectivity index (χ0v) is 25.6. The number of aliphatic hydroxyl groups is 1. The molecule has 3 N–H and O–H groups in total. The van der Waals surface area contributed by atoms with E-state index < -0.39 is 14.3 Å². The number of fused-ring (bicyclic) bond motifs is 1. The van der Waals surface area contributed by atoms with Gasteiger partial charge in [0.1, 0.15) is 12.5 Å². The zero-order valence-electron chi connectivity index (χ0n) is 24.7. The molecule has 11 nitrogen and oxygen atoms in total. The minimum absolute atomic E-state index is 0.0461. The normalized spacial score (nSPS) is 18.5. The molecule has 0 bridgehead atoms. The Morgan fingerprint density at radius 2 is 1.79 bits per heavy atom. The molecule has 1 amide bonds. The largest absolute Gasteiger partial charge is 0.393 e. The van der Waals surface area contributed by atoms with Crippen molar-refractivity contribution in [3.63, 3.8) is 0 Å². The third-order valence-electron chi connectivity index (χ3n) is 7.79. The minimum Gasteiger partial charge on any atom is -0.393 e. The van der Waals surface area contributed by atoms with Gasteiger partial charge in [-0.2, -0.15) is 4.98 Å². The molecular weight excluding hydrogens is 574 g/mol. The first kappa shape index (κ1) is 31.0. The lowest BCUT2D eigenvalue weighted by atomic mass is 9.80. The molecule has 2 aromatic heterocycles. The lowest BCUT2D eigenvalue weighted by Crippen LogP contribution is -2.18. The number of hydrogen-bond acceptors (Lipinski definition) is 10. The highest BCUT2D eigenvalue weighted by Gasteiger charge is 2.33. The Balaban J connectivity index is 1.36. The van der Waals surface area contributed by atoms with E-state index in [0.29, 0.717) is 29.2 Å². The van der Waals surface area contributed by atoms with Gasteiger partial charge in [0.15, 0.2) is 0 Å². The monoisotopic (exact) mass is 612 g/mol. The summed E-state index contributed by atoms with van der Waals surface area (Å²) in [6.45, 7) is 3.75. The van der Waals surface area contributed by atoms with Gasteiger partial charge in [-0.3, -0.25) is 14.3 Å². The molecule has 1 saturated carbocycles. The Morgan fingerprint density at radius 3 is 2.44 bits per heavy atom. The van der Waals surface area contributed by atoms with Crippen molar-refractivity contribution in [2.75, 3.05) is 30.9 Å². The van der Waals surface area contributed by atoms with Gasteiger partial charge >= 0.3 is 7.60 Å². The van der Waals surface area contributed by atoms with Gasteiger partial charge in [0.05, 0.1) is 54.3 Å². The van der Waals surface area contributed by atoms with Gasteiger partial charge in [-0.1, -0.05) is 6.07 Å². The number of carbonyl (C=O) groups is 1. The molecule has 3 heterocycles. The maximum Gasteiger partial charge on any atom is 0.336 e. The van der Waals surface area contributed by atoms with Crippen LogP contribution in [0.1, 0.15) is 78.2 Å². The van der Waals surface area contributed by atoms with Gasteiger partial charge in [0.25, 0.3) is 5.91 Å². The smallest absolute Gasteiger partial charge is 0.336 e. The Bertz CT molecular complexity index is 1490. The van der Waals surface area contributed by atoms with Crippen LogP contribution in [0.2, 0.25) is 0 Å². The molecule has 43 heavy (non-hydrogen) atoms. The maximum atomic E-state index is 14.0. The second-order valence-corrected chi connectivity index (χ2v) is 12.9. The number of rotatable bonds is 12. The lowest BCUT2D eigenvalue weighted by Gasteiger charge is -2.27. The van der Waals surface area contributed by atoms with E-state index in [0.717, 1.165) is 36.8 Å². The Kier molecular flexibility index (Phi) is 9.71. The van der Waals surface area contributed by atoms with Crippen LogP contribution in [0.4, 0.5) is 27.5 Å². The molecule has 3 aromatic rings. The van der Waals surface area contributed by atoms with Crippen molar-refractivity contribution in [1.82, 2.24) is 19.9 Å². The summed E-state index contributed by atoms with van der Waals surface area (Å²) in [5, 5.41) is 16.2. The summed E-state index contributed by atoms with van der Waals surface area (Å²) in [6.07, 6.45) is 5.99. The quantitative estimate of drug-likeness (QED) is 0.203. The van der Waals surface area contributed by atoms with Crippen LogP contribution in [0.5, 0.6) is 0 Å². The van der Waals surface area contributed by atoms with Gasteiger partial charge < -0.3 is 29.7 Å². The van der Waals surface area contributed by atoms with E-state index in [-0.39, 0.29) is 54.6 Å². The molecule has 2 aliphatic rings. The molecule has 0 unspecified atom stereocenters. The van der Waals surface area contributed by atoms with E-state index >= 15 is 0 Å². The molecule has 0 radical (unpaired) electrons. The predicted octanol–water partition coefficient (Wildman–Crippen LogP) is 6.20. The highest BCUT2D eigenvalue weighted by molar-refractivity contribution is 7.53. The number of benzene rings is 1. The molecule has 230 valence electrons. The molecule has 1 aliphatic heterocycles. The van der Waals surface area contributed by atoms with Crippen LogP contribution in [0, 0.1) is 0 Å². The van der Waals surface area contributed by atoms with Crippen molar-refractivity contribution in [2.24, 2.45) is 0 Å². The summed E-state index contributed by atoms with van der Waals surface area (Å²) < 4.78 is 37.5. The van der Waals surface area contributed by atoms with Crippen molar-refractivity contribution in [3.8, 4) is 0 Å². The summed E-state index contributed by atoms with van der Waals surface area (Å²) in [5.74, 6) is 0.638. The number of anilines is 4. The van der Waals surface area contributed by atoms with Crippen LogP contribution >= 0.6 is 7.60 Å². The van der Waals surface area contributed by atoms with E-state index in [1.54, 1.807) is 44.1 Å². The third-order valence-corrected chi connectivity index (χ3v) is 9.81. The first-order valence-electron chi connectivity index (χ1n) is 14.6. The van der Waals surface area contributed by atoms with Crippen molar-refractivity contribution >= 4 is 36.6 Å². The summed E-state index contributed by atoms with van der Waals surface area (Å²) in [4.78, 5) is 28.0. The average molecular weight is 613 g/mol. The van der Waals surface area contributed by atoms with E-state index in [2.05, 4.69) is 25.6 Å². The van der Waals surface area contributed by atoms with Crippen LogP contribution in [-0.2, 0) is 33.0 Å². The second kappa shape index (κ2) is 13.5. The molecule has 5 rings (SSSR count). The van der Waals surface area contributed by atoms with Crippen LogP contribution in [0.3, 0.4) is 0 Å². The summed E-state index contributed by atoms with van der Waals surface area (Å²) >= 11 is 0. The van der Waals surface area contributed by atoms with Crippen LogP contribution in [-0.4, -0.2) is 57.2 Å². The number of nitrogens with zero attached hydrogens (tertiary/aromatic N) is 4. The van der Waals surface area contributed by atoms with Gasteiger partial charge in [-0.25, -0.2) is 9.37 Å². The topological polar surface area (TPSA) is 139 Å². The molecule has 1 aliphatic carbocycles. The van der Waals surface area contributed by atoms with Crippen LogP contribution in [0.15, 0.2) is 36.7 Å². The molecule has 0 atom stereocenters. The fourth-order valence-electron chi connectivity index (χ4n) is 5.69. The van der Waals surface area contributed by atoms with Gasteiger partial charge in [0.2, 0.25) is 5.95 Å². The second-order valence-electron chi connectivity index (χ2n) is 10.8. The lowest BCUT2D eigenvalue weighted by molar-refractivity contribution is 0.0817. The zero-order chi connectivity index (χ0) is 30.6. The number of alkyl halides is 1. The van der Waals surface area contributed by atoms with E-state index in [1.807, 2.05) is 12.1 Å². The Morgan fingerprint density at radius 1 is 1.05 bits per heavy atom. The maximum absolute atomic E-state index is 14.0. The van der Waals surface area contributed by atoms with Gasteiger partial charge in [0, 0.05) is 25.4 Å². The number of amides is 1. The number of nitrogens with one attached hydrogen (secondary N) is 2. The number of hydrogen-bond donors (Lipinski definition) is 3. The van der Waals surface area contributed by atoms with Gasteiger partial charge in [-0.05, 0) is 74.8 Å². The first-order chi connectivity index (χ1) is 20.7. The van der Waals surface area contributed by atoms with Crippen molar-refractivity contribution in [2.45, 2.75) is 70.9 Å². The first-order valence-corrected chi connectivity index (χ1v) is 16.3. The average Bonchev–Trinajstić information content (AvgIpc) is 3.29. The van der Waals surface area contributed by atoms with E-state index in [1.165, 1.54) is 6.20 Å². The fourth-order valence-corrected chi connectivity index (χ4v) is 7.32. The van der Waals surface area contributed by atoms with E-state index in [9.17, 15) is 18.9 Å². The van der Waals surface area contributed by atoms with E-state index in [4.69, 9.17) is 9.05 Å². The number of aromatic nitrogens is 3. The molecule has 1 aromatic carbocycles. The molecule has 13 heteroatoms. The summed E-state index contributed by atoms with van der Waals surface area (Å²) in [5.41, 5.74) is 4.60. The molecular formula is C30H38FN6O5P. The predicted molar refractivity (Wildman–Crippen MR) is 162 cm³/mol. The standard InChI is InChI=1S/C30H38FN6O5P/c1-4-41-43(40,42-5-2)18-22-9-8-21(16-32-22)34-30-33-15-20(14-31)28(36-30)35-26-13-12-24(19-6-10-23(38)11-7-19)25-17-37(3)29(39)27(25)26/h8-9,12-13,15-16,19,23,38H,4-7,10-11,14,17-18H2,1-3H3,(H2,33,34,35,36)/t19-,23-. The number of carbonyl (C=O) groups excluding carboxylic acids is 1. The van der Waals surface area contributed by atoms with Crippen LogP contribution < -0.4 is 10.6 Å². The van der Waals surface area contributed by atoms with Crippen molar-refractivity contribution in [1.29, 1.82) is 0 Å². The highest BCUT2D eigenvalue weighted by atomic mass is 31.2. The highest BCUT2D eigenvalue weighted by Crippen LogP contribution is 2.51.